The molecule has 0 saturated carbocycles. The number of Topliss-reactive ketones (excluding diaryl/α,β-unsaturated/α-hetero) is 1. The molecule has 0 aromatic heterocycles. The van der Waals surface area contributed by atoms with Crippen molar-refractivity contribution in [3.63, 3.8) is 0 Å². The van der Waals surface area contributed by atoms with Gasteiger partial charge in [-0.3, -0.25) is 4.79 Å². The lowest BCUT2D eigenvalue weighted by Gasteiger charge is -2.06. The number of ketones is 1. The minimum absolute atomic E-state index is 0.207. The highest BCUT2D eigenvalue weighted by molar-refractivity contribution is 6.41. The Hall–Kier alpha value is -0.770. The van der Waals surface area contributed by atoms with E-state index in [2.05, 4.69) is 4.74 Å². The molecule has 1 rings (SSSR count). The van der Waals surface area contributed by atoms with E-state index in [9.17, 15) is 9.59 Å². The van der Waals surface area contributed by atoms with Crippen LogP contribution in [0.3, 0.4) is 0 Å². The van der Waals surface area contributed by atoms with Gasteiger partial charge in [-0.15, -0.1) is 0 Å². The molecule has 0 atom stereocenters. The highest BCUT2D eigenvalue weighted by Gasteiger charge is 2.18. The first kappa shape index (κ1) is 13.3. The number of carbonyl (C=O) groups is 2. The maximum atomic E-state index is 11.3. The van der Waals surface area contributed by atoms with Crippen LogP contribution in [0.2, 0.25) is 15.1 Å². The highest BCUT2D eigenvalue weighted by atomic mass is 35.5. The lowest BCUT2D eigenvalue weighted by Crippen LogP contribution is -2.18. The summed E-state index contributed by atoms with van der Waals surface area (Å²) in [6, 6.07) is 2.91. The smallest absolute Gasteiger partial charge is 0.374 e. The molecule has 0 amide bonds. The van der Waals surface area contributed by atoms with Crippen LogP contribution in [0, 0.1) is 0 Å². The van der Waals surface area contributed by atoms with Crippen LogP contribution in [-0.4, -0.2) is 18.9 Å². The third-order valence-corrected chi connectivity index (χ3v) is 2.75. The van der Waals surface area contributed by atoms with Gasteiger partial charge in [0.2, 0.25) is 5.78 Å². The first-order chi connectivity index (χ1) is 7.45. The Labute approximate surface area is 107 Å². The Morgan fingerprint density at radius 2 is 1.69 bits per heavy atom. The number of halogens is 3. The molecule has 1 aromatic rings. The number of hydrogen-bond acceptors (Lipinski definition) is 3. The second kappa shape index (κ2) is 5.53. The summed E-state index contributed by atoms with van der Waals surface area (Å²) >= 11 is 17.4. The summed E-state index contributed by atoms with van der Waals surface area (Å²) in [5.74, 6) is -1.64. The third-order valence-electron chi connectivity index (χ3n) is 1.86. The minimum atomic E-state index is -0.929. The first-order valence-electron chi connectivity index (χ1n) is 4.20. The molecule has 1 aromatic carbocycles. The van der Waals surface area contributed by atoms with Gasteiger partial charge >= 0.3 is 5.97 Å². The zero-order chi connectivity index (χ0) is 12.3. The average molecular weight is 282 g/mol. The zero-order valence-electron chi connectivity index (χ0n) is 8.22. The number of ether oxygens (including phenoxy) is 1. The van der Waals surface area contributed by atoms with E-state index in [1.807, 2.05) is 0 Å². The van der Waals surface area contributed by atoms with Crippen LogP contribution in [0.25, 0.3) is 0 Å². The molecule has 0 bridgehead atoms. The number of benzene rings is 1. The van der Waals surface area contributed by atoms with Crippen molar-refractivity contribution >= 4 is 46.6 Å². The Morgan fingerprint density at radius 3 is 2.12 bits per heavy atom. The quantitative estimate of drug-likeness (QED) is 0.632. The van der Waals surface area contributed by atoms with Crippen LogP contribution < -0.4 is 0 Å². The summed E-state index contributed by atoms with van der Waals surface area (Å²) in [6.07, 6.45) is -0.207. The highest BCUT2D eigenvalue weighted by Crippen LogP contribution is 2.29. The van der Waals surface area contributed by atoms with Gasteiger partial charge in [0.15, 0.2) is 0 Å². The molecule has 0 aliphatic rings. The van der Waals surface area contributed by atoms with E-state index >= 15 is 0 Å². The largest absolute Gasteiger partial charge is 0.463 e. The van der Waals surface area contributed by atoms with Gasteiger partial charge in [0.1, 0.15) is 0 Å². The molecule has 3 nitrogen and oxygen atoms in total. The molecule has 0 saturated heterocycles. The Bertz CT molecular complexity index is 420. The van der Waals surface area contributed by atoms with Crippen molar-refractivity contribution < 1.29 is 14.3 Å². The maximum absolute atomic E-state index is 11.3. The monoisotopic (exact) mass is 280 g/mol. The van der Waals surface area contributed by atoms with Gasteiger partial charge in [0.05, 0.1) is 7.11 Å². The summed E-state index contributed by atoms with van der Waals surface area (Å²) in [7, 11) is 1.13. The average Bonchev–Trinajstić information content (AvgIpc) is 2.21. The third kappa shape index (κ3) is 3.11. The van der Waals surface area contributed by atoms with Crippen LogP contribution in [0.4, 0.5) is 0 Å². The molecule has 0 aliphatic heterocycles. The van der Waals surface area contributed by atoms with E-state index in [1.165, 1.54) is 12.1 Å². The number of esters is 1. The molecule has 6 heteroatoms. The molecule has 0 radical (unpaired) electrons. The van der Waals surface area contributed by atoms with Crippen LogP contribution >= 0.6 is 34.8 Å². The summed E-state index contributed by atoms with van der Waals surface area (Å²) in [5, 5.41) is 0.855. The van der Waals surface area contributed by atoms with E-state index in [0.717, 1.165) is 7.11 Å². The molecule has 0 fully saturated rings. The van der Waals surface area contributed by atoms with E-state index in [0.29, 0.717) is 10.6 Å². The van der Waals surface area contributed by atoms with Gasteiger partial charge < -0.3 is 4.74 Å². The van der Waals surface area contributed by atoms with Crippen molar-refractivity contribution in [3.8, 4) is 0 Å². The topological polar surface area (TPSA) is 43.4 Å². The molecule has 0 aliphatic carbocycles. The fraction of sp³-hybridized carbons (Fsp3) is 0.200. The van der Waals surface area contributed by atoms with E-state index < -0.39 is 11.8 Å². The van der Waals surface area contributed by atoms with Crippen LogP contribution in [-0.2, 0) is 20.7 Å². The number of methoxy groups -OCH3 is 1. The standard InChI is InChI=1S/C10H7Cl3O3/c1-16-10(15)9(14)4-6-7(12)2-5(11)3-8(6)13/h2-3H,4H2,1H3. The Balaban J connectivity index is 2.98. The van der Waals surface area contributed by atoms with Gasteiger partial charge in [-0.1, -0.05) is 34.8 Å². The van der Waals surface area contributed by atoms with E-state index in [-0.39, 0.29) is 16.5 Å². The number of rotatable bonds is 3. The van der Waals surface area contributed by atoms with Crippen LogP contribution in [0.1, 0.15) is 5.56 Å². The normalized spacial score (nSPS) is 10.0. The number of hydrogen-bond donors (Lipinski definition) is 0. The van der Waals surface area contributed by atoms with Crippen molar-refractivity contribution in [1.82, 2.24) is 0 Å². The molecule has 86 valence electrons. The van der Waals surface area contributed by atoms with Crippen molar-refractivity contribution in [2.75, 3.05) is 7.11 Å². The predicted octanol–water partition coefficient (Wildman–Crippen LogP) is 2.93. The molecular formula is C10H7Cl3O3. The molecular weight excluding hydrogens is 274 g/mol. The summed E-state index contributed by atoms with van der Waals surface area (Å²) in [6.45, 7) is 0. The van der Waals surface area contributed by atoms with E-state index in [1.54, 1.807) is 0 Å². The van der Waals surface area contributed by atoms with Crippen molar-refractivity contribution in [2.24, 2.45) is 0 Å². The van der Waals surface area contributed by atoms with Crippen molar-refractivity contribution in [2.45, 2.75) is 6.42 Å². The van der Waals surface area contributed by atoms with Gasteiger partial charge in [-0.25, -0.2) is 4.79 Å². The SMILES string of the molecule is COC(=O)C(=O)Cc1c(Cl)cc(Cl)cc1Cl. The van der Waals surface area contributed by atoms with Gasteiger partial charge in [-0.2, -0.15) is 0 Å². The maximum Gasteiger partial charge on any atom is 0.374 e. The second-order valence-corrected chi connectivity index (χ2v) is 4.19. The molecule has 0 spiro atoms. The van der Waals surface area contributed by atoms with Crippen molar-refractivity contribution in [3.05, 3.63) is 32.8 Å². The fourth-order valence-corrected chi connectivity index (χ4v) is 2.04. The summed E-state index contributed by atoms with van der Waals surface area (Å²) in [4.78, 5) is 22.2. The first-order valence-corrected chi connectivity index (χ1v) is 5.33. The second-order valence-electron chi connectivity index (χ2n) is 2.94. The summed E-state index contributed by atoms with van der Waals surface area (Å²) in [5.41, 5.74) is 0.364. The van der Waals surface area contributed by atoms with Gasteiger partial charge in [0.25, 0.3) is 0 Å². The number of carbonyl (C=O) groups excluding carboxylic acids is 2. The predicted molar refractivity (Wildman–Crippen MR) is 62.2 cm³/mol. The van der Waals surface area contributed by atoms with E-state index in [4.69, 9.17) is 34.8 Å². The molecule has 0 N–H and O–H groups in total. The van der Waals surface area contributed by atoms with Gasteiger partial charge in [0, 0.05) is 21.5 Å². The Kier molecular flexibility index (Phi) is 4.59. The van der Waals surface area contributed by atoms with Crippen LogP contribution in [0.5, 0.6) is 0 Å². The summed E-state index contributed by atoms with van der Waals surface area (Å²) < 4.78 is 4.29. The molecule has 0 heterocycles. The molecule has 16 heavy (non-hydrogen) atoms. The lowest BCUT2D eigenvalue weighted by atomic mass is 10.1. The van der Waals surface area contributed by atoms with Crippen molar-refractivity contribution in [1.29, 1.82) is 0 Å². The minimum Gasteiger partial charge on any atom is -0.463 e. The fourth-order valence-electron chi connectivity index (χ4n) is 1.09. The lowest BCUT2D eigenvalue weighted by molar-refractivity contribution is -0.151. The van der Waals surface area contributed by atoms with Crippen LogP contribution in [0.15, 0.2) is 12.1 Å². The molecule has 0 unspecified atom stereocenters. The Morgan fingerprint density at radius 1 is 1.19 bits per heavy atom. The van der Waals surface area contributed by atoms with Gasteiger partial charge in [-0.05, 0) is 17.7 Å². The zero-order valence-corrected chi connectivity index (χ0v) is 10.5.